The van der Waals surface area contributed by atoms with Gasteiger partial charge in [0, 0.05) is 42.0 Å². The van der Waals surface area contributed by atoms with E-state index in [-0.39, 0.29) is 0 Å². The van der Waals surface area contributed by atoms with Crippen LogP contribution < -0.4 is 5.32 Å². The summed E-state index contributed by atoms with van der Waals surface area (Å²) < 4.78 is 0. The second kappa shape index (κ2) is 8.60. The Kier molecular flexibility index (Phi) is 5.51. The van der Waals surface area contributed by atoms with Gasteiger partial charge in [-0.3, -0.25) is 5.10 Å². The molecule has 160 valence electrons. The molecule has 0 bridgehead atoms. The fourth-order valence-corrected chi connectivity index (χ4v) is 4.87. The third kappa shape index (κ3) is 3.86. The molecule has 5 rings (SSSR count). The normalized spacial score (nSPS) is 17.8. The zero-order chi connectivity index (χ0) is 21.2. The lowest BCUT2D eigenvalue weighted by molar-refractivity contribution is 0.326. The molecule has 0 unspecified atom stereocenters. The lowest BCUT2D eigenvalue weighted by Gasteiger charge is -2.31. The van der Waals surface area contributed by atoms with Crippen molar-refractivity contribution in [1.82, 2.24) is 25.4 Å². The Labute approximate surface area is 183 Å². The van der Waals surface area contributed by atoms with E-state index in [0.717, 1.165) is 54.9 Å². The number of hydrogen-bond donors (Lipinski definition) is 3. The average molecular weight is 414 g/mol. The van der Waals surface area contributed by atoms with Crippen molar-refractivity contribution in [2.45, 2.75) is 32.6 Å². The largest absolute Gasteiger partial charge is 0.371 e. The van der Waals surface area contributed by atoms with Gasteiger partial charge < -0.3 is 15.2 Å². The number of benzene rings is 1. The molecule has 5 heteroatoms. The van der Waals surface area contributed by atoms with E-state index < -0.39 is 0 Å². The van der Waals surface area contributed by atoms with Gasteiger partial charge in [0.1, 0.15) is 5.69 Å². The van der Waals surface area contributed by atoms with E-state index in [2.05, 4.69) is 75.3 Å². The minimum absolute atomic E-state index is 0.944. The predicted molar refractivity (Wildman–Crippen MR) is 130 cm³/mol. The van der Waals surface area contributed by atoms with Gasteiger partial charge >= 0.3 is 0 Å². The molecule has 0 radical (unpaired) electrons. The fraction of sp³-hybridized carbons (Fsp3) is 0.346. The summed E-state index contributed by atoms with van der Waals surface area (Å²) in [6, 6.07) is 8.89. The second-order valence-corrected chi connectivity index (χ2v) is 8.57. The minimum atomic E-state index is 0.944. The van der Waals surface area contributed by atoms with Crippen LogP contribution in [-0.4, -0.2) is 46.3 Å². The first kappa shape index (κ1) is 19.9. The summed E-state index contributed by atoms with van der Waals surface area (Å²) in [6.45, 7) is 10.3. The minimum Gasteiger partial charge on any atom is -0.371 e. The van der Waals surface area contributed by atoms with Gasteiger partial charge in [-0.1, -0.05) is 24.8 Å². The molecule has 2 aromatic heterocycles. The number of rotatable bonds is 5. The first-order chi connectivity index (χ1) is 15.2. The van der Waals surface area contributed by atoms with Crippen LogP contribution in [0.5, 0.6) is 0 Å². The van der Waals surface area contributed by atoms with Crippen LogP contribution in [-0.2, 0) is 0 Å². The summed E-state index contributed by atoms with van der Waals surface area (Å²) in [5.41, 5.74) is 9.49. The third-order valence-electron chi connectivity index (χ3n) is 6.52. The van der Waals surface area contributed by atoms with Crippen molar-refractivity contribution in [1.29, 1.82) is 0 Å². The Morgan fingerprint density at radius 1 is 1.16 bits per heavy atom. The number of aromatic nitrogens is 3. The molecule has 0 atom stereocenters. The molecule has 1 aromatic carbocycles. The maximum absolute atomic E-state index is 4.68. The van der Waals surface area contributed by atoms with Crippen molar-refractivity contribution in [3.8, 4) is 11.4 Å². The van der Waals surface area contributed by atoms with Gasteiger partial charge in [-0.25, -0.2) is 0 Å². The summed E-state index contributed by atoms with van der Waals surface area (Å²) >= 11 is 0. The number of fused-ring (bicyclic) bond motifs is 1. The van der Waals surface area contributed by atoms with Gasteiger partial charge in [-0.2, -0.15) is 5.10 Å². The van der Waals surface area contributed by atoms with Crippen LogP contribution in [0.2, 0.25) is 0 Å². The Bertz CT molecular complexity index is 1150. The summed E-state index contributed by atoms with van der Waals surface area (Å²) in [4.78, 5) is 6.10. The average Bonchev–Trinajstić information content (AvgIpc) is 3.41. The highest BCUT2D eigenvalue weighted by Gasteiger charge is 2.20. The second-order valence-electron chi connectivity index (χ2n) is 8.57. The predicted octanol–water partition coefficient (Wildman–Crippen LogP) is 5.26. The first-order valence-electron chi connectivity index (χ1n) is 11.4. The standard InChI is InChI=1S/C26H31N5/c1-3-7-25(31-14-5-4-6-15-31)21-17-24(28-18(21)2)26-22-16-20(8-9-23(22)29-30-26)19-10-12-27-13-11-19/h3,7-10,16-17,27-28H,1,4-6,11-15H2,2H3,(H,29,30)/b25-7+. The van der Waals surface area contributed by atoms with Crippen LogP contribution in [0.1, 0.15) is 42.5 Å². The molecule has 0 saturated carbocycles. The van der Waals surface area contributed by atoms with Gasteiger partial charge in [0.05, 0.1) is 11.2 Å². The van der Waals surface area contributed by atoms with Crippen molar-refractivity contribution in [2.24, 2.45) is 0 Å². The highest BCUT2D eigenvalue weighted by molar-refractivity contribution is 5.95. The van der Waals surface area contributed by atoms with Crippen LogP contribution in [0, 0.1) is 6.92 Å². The molecule has 5 nitrogen and oxygen atoms in total. The van der Waals surface area contributed by atoms with Crippen LogP contribution in [0.4, 0.5) is 0 Å². The topological polar surface area (TPSA) is 59.7 Å². The first-order valence-corrected chi connectivity index (χ1v) is 11.4. The summed E-state index contributed by atoms with van der Waals surface area (Å²) in [6.07, 6.45) is 11.2. The van der Waals surface area contributed by atoms with Crippen LogP contribution in [0.3, 0.4) is 0 Å². The molecule has 3 aromatic rings. The molecule has 2 aliphatic heterocycles. The number of aromatic amines is 2. The lowest BCUT2D eigenvalue weighted by Crippen LogP contribution is -2.28. The number of nitrogens with one attached hydrogen (secondary N) is 3. The smallest absolute Gasteiger partial charge is 0.116 e. The summed E-state index contributed by atoms with van der Waals surface area (Å²) in [5, 5.41) is 12.5. The molecule has 4 heterocycles. The Morgan fingerprint density at radius 2 is 2.03 bits per heavy atom. The van der Waals surface area contributed by atoms with E-state index in [0.29, 0.717) is 0 Å². The number of allylic oxidation sites excluding steroid dienone is 2. The Morgan fingerprint density at radius 3 is 2.81 bits per heavy atom. The highest BCUT2D eigenvalue weighted by Crippen LogP contribution is 2.34. The van der Waals surface area contributed by atoms with Gasteiger partial charge in [0.15, 0.2) is 0 Å². The van der Waals surface area contributed by atoms with E-state index in [1.165, 1.54) is 47.4 Å². The molecule has 31 heavy (non-hydrogen) atoms. The van der Waals surface area contributed by atoms with E-state index in [4.69, 9.17) is 0 Å². The molecular formula is C26H31N5. The molecule has 0 spiro atoms. The SMILES string of the molecule is C=C/C=C(\c1cc(-c2n[nH]c3ccc(C4=CCNCC4)cc23)[nH]c1C)N1CCCCC1. The number of likely N-dealkylation sites (tertiary alicyclic amines) is 1. The van der Waals surface area contributed by atoms with Crippen molar-refractivity contribution >= 4 is 22.2 Å². The van der Waals surface area contributed by atoms with Crippen molar-refractivity contribution < 1.29 is 0 Å². The lowest BCUT2D eigenvalue weighted by atomic mass is 9.98. The van der Waals surface area contributed by atoms with Crippen molar-refractivity contribution in [3.63, 3.8) is 0 Å². The number of nitrogens with zero attached hydrogens (tertiary/aromatic N) is 2. The third-order valence-corrected chi connectivity index (χ3v) is 6.52. The molecule has 3 N–H and O–H groups in total. The summed E-state index contributed by atoms with van der Waals surface area (Å²) in [5.74, 6) is 0. The summed E-state index contributed by atoms with van der Waals surface area (Å²) in [7, 11) is 0. The molecule has 0 amide bonds. The van der Waals surface area contributed by atoms with Crippen molar-refractivity contribution in [2.75, 3.05) is 26.2 Å². The number of H-pyrrole nitrogens is 2. The van der Waals surface area contributed by atoms with Gasteiger partial charge in [-0.15, -0.1) is 0 Å². The van der Waals surface area contributed by atoms with Crippen molar-refractivity contribution in [3.05, 3.63) is 65.9 Å². The van der Waals surface area contributed by atoms with E-state index in [1.54, 1.807) is 0 Å². The maximum Gasteiger partial charge on any atom is 0.116 e. The molecule has 0 aliphatic carbocycles. The highest BCUT2D eigenvalue weighted by atomic mass is 15.1. The molecular weight excluding hydrogens is 382 g/mol. The van der Waals surface area contributed by atoms with E-state index >= 15 is 0 Å². The zero-order valence-electron chi connectivity index (χ0n) is 18.3. The molecule has 1 fully saturated rings. The van der Waals surface area contributed by atoms with Gasteiger partial charge in [-0.05, 0) is 74.6 Å². The maximum atomic E-state index is 4.68. The molecule has 1 saturated heterocycles. The van der Waals surface area contributed by atoms with Crippen LogP contribution in [0.15, 0.2) is 49.1 Å². The quantitative estimate of drug-likeness (QED) is 0.500. The monoisotopic (exact) mass is 413 g/mol. The fourth-order valence-electron chi connectivity index (χ4n) is 4.87. The van der Waals surface area contributed by atoms with Crippen LogP contribution >= 0.6 is 0 Å². The Hall–Kier alpha value is -3.05. The van der Waals surface area contributed by atoms with E-state index in [9.17, 15) is 0 Å². The van der Waals surface area contributed by atoms with Crippen LogP contribution in [0.25, 0.3) is 33.6 Å². The van der Waals surface area contributed by atoms with Gasteiger partial charge in [0.2, 0.25) is 0 Å². The number of hydrogen-bond acceptors (Lipinski definition) is 3. The number of aryl methyl sites for hydroxylation is 1. The van der Waals surface area contributed by atoms with Gasteiger partial charge in [0.25, 0.3) is 0 Å². The van der Waals surface area contributed by atoms with E-state index in [1.807, 2.05) is 6.08 Å². The zero-order valence-corrected chi connectivity index (χ0v) is 18.3. The number of piperidine rings is 1. The molecule has 2 aliphatic rings. The Balaban J connectivity index is 1.54.